The zero-order chi connectivity index (χ0) is 13.9. The molecule has 1 aliphatic rings. The van der Waals surface area contributed by atoms with Crippen LogP contribution < -0.4 is 0 Å². The number of carboxylic acids is 1. The quantitative estimate of drug-likeness (QED) is 0.872. The molecule has 0 saturated heterocycles. The Kier molecular flexibility index (Phi) is 3.84. The summed E-state index contributed by atoms with van der Waals surface area (Å²) in [5, 5.41) is 12.4. The smallest absolute Gasteiger partial charge is 0.335 e. The first kappa shape index (κ1) is 13.5. The van der Waals surface area contributed by atoms with Gasteiger partial charge in [-0.25, -0.2) is 13.2 Å². The number of benzene rings is 1. The second-order valence-corrected chi connectivity index (χ2v) is 6.34. The number of rotatable bonds is 5. The molecule has 1 aromatic carbocycles. The van der Waals surface area contributed by atoms with Crippen molar-refractivity contribution in [2.24, 2.45) is 5.16 Å². The third-order valence-corrected chi connectivity index (χ3v) is 4.20. The number of carboxylic acid groups (broad SMARTS) is 1. The second-order valence-electron chi connectivity index (χ2n) is 4.28. The summed E-state index contributed by atoms with van der Waals surface area (Å²) in [6.45, 7) is 0.429. The van der Waals surface area contributed by atoms with Gasteiger partial charge in [-0.3, -0.25) is 0 Å². The molecule has 102 valence electrons. The van der Waals surface area contributed by atoms with Crippen LogP contribution in [0.25, 0.3) is 0 Å². The Morgan fingerprint density at radius 3 is 2.47 bits per heavy atom. The van der Waals surface area contributed by atoms with Crippen LogP contribution in [0.1, 0.15) is 22.3 Å². The van der Waals surface area contributed by atoms with Gasteiger partial charge in [0.05, 0.1) is 22.8 Å². The molecule has 0 radical (unpaired) electrons. The van der Waals surface area contributed by atoms with Crippen LogP contribution in [0.3, 0.4) is 0 Å². The maximum atomic E-state index is 11.9. The van der Waals surface area contributed by atoms with Gasteiger partial charge in [0, 0.05) is 6.42 Å². The summed E-state index contributed by atoms with van der Waals surface area (Å²) in [6.07, 6.45) is 0.539. The van der Waals surface area contributed by atoms with E-state index in [0.717, 1.165) is 0 Å². The van der Waals surface area contributed by atoms with Crippen LogP contribution >= 0.6 is 0 Å². The van der Waals surface area contributed by atoms with E-state index in [9.17, 15) is 13.2 Å². The van der Waals surface area contributed by atoms with Gasteiger partial charge in [0.25, 0.3) is 0 Å². The fourth-order valence-corrected chi connectivity index (χ4v) is 3.25. The molecule has 1 aromatic rings. The van der Waals surface area contributed by atoms with Crippen molar-refractivity contribution < 1.29 is 23.2 Å². The Balaban J connectivity index is 2.05. The van der Waals surface area contributed by atoms with E-state index in [2.05, 4.69) is 5.16 Å². The van der Waals surface area contributed by atoms with E-state index in [1.54, 1.807) is 0 Å². The van der Waals surface area contributed by atoms with Crippen LogP contribution in [0.15, 0.2) is 29.4 Å². The van der Waals surface area contributed by atoms with Gasteiger partial charge in [-0.2, -0.15) is 0 Å². The number of carbonyl (C=O) groups is 1. The third-order valence-electron chi connectivity index (χ3n) is 2.65. The van der Waals surface area contributed by atoms with Crippen molar-refractivity contribution in [1.29, 1.82) is 0 Å². The Bertz CT molecular complexity index is 604. The Labute approximate surface area is 110 Å². The molecule has 0 fully saturated rings. The van der Waals surface area contributed by atoms with Crippen molar-refractivity contribution in [2.45, 2.75) is 12.2 Å². The SMILES string of the molecule is O=C(O)c1ccc(CS(=O)(=O)CC2=NOCC2)cc1. The lowest BCUT2D eigenvalue weighted by molar-refractivity contribution is 0.0697. The van der Waals surface area contributed by atoms with Gasteiger partial charge < -0.3 is 9.94 Å². The van der Waals surface area contributed by atoms with Crippen LogP contribution in [0.5, 0.6) is 0 Å². The predicted molar refractivity (Wildman–Crippen MR) is 68.9 cm³/mol. The maximum Gasteiger partial charge on any atom is 0.335 e. The Morgan fingerprint density at radius 1 is 1.26 bits per heavy atom. The van der Waals surface area contributed by atoms with Gasteiger partial charge in [-0.05, 0) is 17.7 Å². The number of hydrogen-bond donors (Lipinski definition) is 1. The van der Waals surface area contributed by atoms with E-state index in [-0.39, 0.29) is 17.1 Å². The van der Waals surface area contributed by atoms with E-state index in [4.69, 9.17) is 9.94 Å². The minimum absolute atomic E-state index is 0.117. The first-order valence-corrected chi connectivity index (χ1v) is 7.49. The molecular formula is C12H13NO5S. The van der Waals surface area contributed by atoms with E-state index >= 15 is 0 Å². The molecule has 1 aliphatic heterocycles. The molecule has 1 N–H and O–H groups in total. The second kappa shape index (κ2) is 5.40. The van der Waals surface area contributed by atoms with Crippen molar-refractivity contribution in [3.63, 3.8) is 0 Å². The zero-order valence-electron chi connectivity index (χ0n) is 10.1. The van der Waals surface area contributed by atoms with Gasteiger partial charge in [0.2, 0.25) is 0 Å². The van der Waals surface area contributed by atoms with Gasteiger partial charge in [-0.1, -0.05) is 17.3 Å². The summed E-state index contributed by atoms with van der Waals surface area (Å²) in [7, 11) is -3.31. The number of nitrogens with zero attached hydrogens (tertiary/aromatic N) is 1. The molecule has 0 saturated carbocycles. The highest BCUT2D eigenvalue weighted by molar-refractivity contribution is 7.91. The number of aromatic carboxylic acids is 1. The van der Waals surface area contributed by atoms with Gasteiger partial charge >= 0.3 is 5.97 Å². The summed E-state index contributed by atoms with van der Waals surface area (Å²) in [5.74, 6) is -1.29. The molecular weight excluding hydrogens is 270 g/mol. The monoisotopic (exact) mass is 283 g/mol. The van der Waals surface area contributed by atoms with Crippen LogP contribution in [0.4, 0.5) is 0 Å². The first-order valence-electron chi connectivity index (χ1n) is 5.67. The molecule has 1 heterocycles. The van der Waals surface area contributed by atoms with E-state index in [0.29, 0.717) is 24.3 Å². The van der Waals surface area contributed by atoms with Crippen LogP contribution in [0.2, 0.25) is 0 Å². The van der Waals surface area contributed by atoms with E-state index in [1.165, 1.54) is 24.3 Å². The highest BCUT2D eigenvalue weighted by Gasteiger charge is 2.19. The lowest BCUT2D eigenvalue weighted by Crippen LogP contribution is -2.16. The highest BCUT2D eigenvalue weighted by atomic mass is 32.2. The topological polar surface area (TPSA) is 93.0 Å². The number of hydrogen-bond acceptors (Lipinski definition) is 5. The molecule has 19 heavy (non-hydrogen) atoms. The number of oxime groups is 1. The third kappa shape index (κ3) is 3.78. The average Bonchev–Trinajstić information content (AvgIpc) is 2.81. The van der Waals surface area contributed by atoms with Crippen molar-refractivity contribution >= 4 is 21.5 Å². The molecule has 0 atom stereocenters. The fourth-order valence-electron chi connectivity index (χ4n) is 1.75. The van der Waals surface area contributed by atoms with Crippen LogP contribution in [-0.2, 0) is 20.4 Å². The minimum Gasteiger partial charge on any atom is -0.478 e. The summed E-state index contributed by atoms with van der Waals surface area (Å²) >= 11 is 0. The van der Waals surface area contributed by atoms with Crippen molar-refractivity contribution in [1.82, 2.24) is 0 Å². The largest absolute Gasteiger partial charge is 0.478 e. The highest BCUT2D eigenvalue weighted by Crippen LogP contribution is 2.11. The Morgan fingerprint density at radius 2 is 1.95 bits per heavy atom. The summed E-state index contributed by atoms with van der Waals surface area (Å²) in [5.41, 5.74) is 1.22. The molecule has 0 unspecified atom stereocenters. The van der Waals surface area contributed by atoms with Gasteiger partial charge in [0.1, 0.15) is 6.61 Å². The zero-order valence-corrected chi connectivity index (χ0v) is 10.9. The molecule has 0 bridgehead atoms. The summed E-state index contributed by atoms with van der Waals surface area (Å²) in [6, 6.07) is 5.80. The molecule has 6 nitrogen and oxygen atoms in total. The molecule has 0 aliphatic carbocycles. The average molecular weight is 283 g/mol. The molecule has 7 heteroatoms. The fraction of sp³-hybridized carbons (Fsp3) is 0.333. The minimum atomic E-state index is -3.31. The van der Waals surface area contributed by atoms with E-state index in [1.807, 2.05) is 0 Å². The van der Waals surface area contributed by atoms with Crippen molar-refractivity contribution in [3.05, 3.63) is 35.4 Å². The maximum absolute atomic E-state index is 11.9. The molecule has 0 aromatic heterocycles. The first-order chi connectivity index (χ1) is 8.96. The van der Waals surface area contributed by atoms with Crippen molar-refractivity contribution in [3.8, 4) is 0 Å². The standard InChI is InChI=1S/C12H13NO5S/c14-12(15)10-3-1-9(2-4-10)7-19(16,17)8-11-5-6-18-13-11/h1-4H,5-8H2,(H,14,15). The molecule has 2 rings (SSSR count). The normalized spacial score (nSPS) is 14.8. The summed E-state index contributed by atoms with van der Waals surface area (Å²) in [4.78, 5) is 15.4. The Hall–Kier alpha value is -1.89. The van der Waals surface area contributed by atoms with E-state index < -0.39 is 15.8 Å². The van der Waals surface area contributed by atoms with Gasteiger partial charge in [0.15, 0.2) is 9.84 Å². The van der Waals surface area contributed by atoms with Crippen LogP contribution in [0, 0.1) is 0 Å². The van der Waals surface area contributed by atoms with Crippen LogP contribution in [-0.4, -0.2) is 37.6 Å². The molecule has 0 amide bonds. The summed E-state index contributed by atoms with van der Waals surface area (Å²) < 4.78 is 23.8. The predicted octanol–water partition coefficient (Wildman–Crippen LogP) is 1.08. The van der Waals surface area contributed by atoms with Gasteiger partial charge in [-0.15, -0.1) is 0 Å². The lowest BCUT2D eigenvalue weighted by Gasteiger charge is -2.04. The lowest BCUT2D eigenvalue weighted by atomic mass is 10.1. The number of sulfone groups is 1. The van der Waals surface area contributed by atoms with Crippen molar-refractivity contribution in [2.75, 3.05) is 12.4 Å². The molecule has 0 spiro atoms.